The van der Waals surface area contributed by atoms with Gasteiger partial charge in [-0.25, -0.2) is 5.06 Å². The molecule has 10 heteroatoms. The summed E-state index contributed by atoms with van der Waals surface area (Å²) in [7, 11) is -1.07. The first-order chi connectivity index (χ1) is 15.9. The highest BCUT2D eigenvalue weighted by Gasteiger charge is 2.29. The van der Waals surface area contributed by atoms with Gasteiger partial charge in [0, 0.05) is 20.0 Å². The molecule has 0 aliphatic rings. The molecule has 0 bridgehead atoms. The number of benzene rings is 2. The van der Waals surface area contributed by atoms with Crippen LogP contribution in [0.15, 0.2) is 72.6 Å². The van der Waals surface area contributed by atoms with Crippen LogP contribution in [0.3, 0.4) is 0 Å². The van der Waals surface area contributed by atoms with E-state index < -0.39 is 25.9 Å². The zero-order valence-corrected chi connectivity index (χ0v) is 19.5. The molecule has 0 radical (unpaired) electrons. The van der Waals surface area contributed by atoms with Crippen molar-refractivity contribution in [2.45, 2.75) is 31.5 Å². The predicted molar refractivity (Wildman–Crippen MR) is 122 cm³/mol. The van der Waals surface area contributed by atoms with Crippen LogP contribution in [0, 0.1) is 0 Å². The number of rotatable bonds is 15. The lowest BCUT2D eigenvalue weighted by Crippen LogP contribution is -2.44. The van der Waals surface area contributed by atoms with Crippen LogP contribution in [0.25, 0.3) is 0 Å². The molecule has 0 saturated carbocycles. The van der Waals surface area contributed by atoms with E-state index in [0.717, 1.165) is 22.0 Å². The van der Waals surface area contributed by atoms with Crippen molar-refractivity contribution in [2.75, 3.05) is 20.8 Å². The van der Waals surface area contributed by atoms with Gasteiger partial charge < -0.3 is 24.0 Å². The van der Waals surface area contributed by atoms with Crippen LogP contribution in [-0.4, -0.2) is 60.8 Å². The number of aliphatic hydroxyl groups excluding tert-OH is 2. The number of carbonyl (C=O) groups is 1. The molecule has 2 aromatic rings. The van der Waals surface area contributed by atoms with E-state index in [1.165, 1.54) is 20.3 Å². The van der Waals surface area contributed by atoms with Crippen molar-refractivity contribution in [3.05, 3.63) is 83.7 Å². The number of amides is 1. The van der Waals surface area contributed by atoms with Crippen molar-refractivity contribution in [1.82, 2.24) is 5.06 Å². The summed E-state index contributed by atoms with van der Waals surface area (Å²) >= 11 is 0. The number of carbonyl (C=O) groups excluding carboxylic acids is 1. The lowest BCUT2D eigenvalue weighted by Gasteiger charge is -2.28. The first-order valence-corrected chi connectivity index (χ1v) is 11.8. The molecule has 180 valence electrons. The number of hydrogen-bond acceptors (Lipinski definition) is 8. The molecule has 0 heterocycles. The van der Waals surface area contributed by atoms with E-state index in [0.29, 0.717) is 6.41 Å². The highest BCUT2D eigenvalue weighted by molar-refractivity contribution is 7.57. The molecule has 0 saturated heterocycles. The summed E-state index contributed by atoms with van der Waals surface area (Å²) in [5, 5.41) is 22.2. The van der Waals surface area contributed by atoms with Gasteiger partial charge in [-0.1, -0.05) is 60.7 Å². The van der Waals surface area contributed by atoms with Gasteiger partial charge in [-0.2, -0.15) is 0 Å². The summed E-state index contributed by atoms with van der Waals surface area (Å²) in [6.07, 6.45) is -2.27. The first-order valence-electron chi connectivity index (χ1n) is 10.2. The van der Waals surface area contributed by atoms with E-state index in [4.69, 9.17) is 18.6 Å². The minimum atomic E-state index is -3.52. The van der Waals surface area contributed by atoms with E-state index in [1.807, 2.05) is 60.7 Å². The fraction of sp³-hybridized carbons (Fsp3) is 0.348. The Morgan fingerprint density at radius 1 is 0.939 bits per heavy atom. The average Bonchev–Trinajstić information content (AvgIpc) is 2.87. The Labute approximate surface area is 193 Å². The molecule has 0 aromatic heterocycles. The second-order valence-electron chi connectivity index (χ2n) is 7.03. The van der Waals surface area contributed by atoms with Gasteiger partial charge in [-0.05, 0) is 17.2 Å². The maximum atomic E-state index is 12.4. The number of ether oxygens (including phenoxy) is 1. The van der Waals surface area contributed by atoms with Gasteiger partial charge in [0.05, 0.1) is 13.2 Å². The summed E-state index contributed by atoms with van der Waals surface area (Å²) in [4.78, 5) is 16.8. The summed E-state index contributed by atoms with van der Waals surface area (Å²) in [6.45, 7) is -0.0877. The van der Waals surface area contributed by atoms with Gasteiger partial charge in [0.15, 0.2) is 0 Å². The Morgan fingerprint density at radius 2 is 1.48 bits per heavy atom. The van der Waals surface area contributed by atoms with Crippen molar-refractivity contribution in [1.29, 1.82) is 0 Å². The SMILES string of the molecule is COP(=O)(/C=C/[C@@H](OCc1ccccc1)[C@@H](O)[C@H](O)CN(C=O)OCc1ccccc1)OC. The van der Waals surface area contributed by atoms with Crippen LogP contribution < -0.4 is 0 Å². The topological polar surface area (TPSA) is 115 Å². The molecule has 2 N–H and O–H groups in total. The molecule has 0 aliphatic heterocycles. The van der Waals surface area contributed by atoms with E-state index in [1.54, 1.807) is 0 Å². The number of hydroxylamine groups is 2. The van der Waals surface area contributed by atoms with E-state index in [2.05, 4.69) is 0 Å². The largest absolute Gasteiger partial charge is 0.388 e. The van der Waals surface area contributed by atoms with Gasteiger partial charge in [0.1, 0.15) is 24.9 Å². The van der Waals surface area contributed by atoms with Gasteiger partial charge in [0.2, 0.25) is 6.41 Å². The second kappa shape index (κ2) is 14.0. The quantitative estimate of drug-likeness (QED) is 0.228. The third kappa shape index (κ3) is 9.19. The van der Waals surface area contributed by atoms with Crippen molar-refractivity contribution in [3.8, 4) is 0 Å². The molecule has 0 unspecified atom stereocenters. The van der Waals surface area contributed by atoms with Crippen molar-refractivity contribution in [2.24, 2.45) is 0 Å². The van der Waals surface area contributed by atoms with Crippen molar-refractivity contribution in [3.63, 3.8) is 0 Å². The van der Waals surface area contributed by atoms with Crippen LogP contribution >= 0.6 is 7.60 Å². The predicted octanol–water partition coefficient (Wildman–Crippen LogP) is 2.88. The highest BCUT2D eigenvalue weighted by Crippen LogP contribution is 2.48. The van der Waals surface area contributed by atoms with E-state index >= 15 is 0 Å². The Hall–Kier alpha value is -2.36. The summed E-state index contributed by atoms with van der Waals surface area (Å²) in [5.41, 5.74) is 1.67. The lowest BCUT2D eigenvalue weighted by atomic mass is 10.1. The monoisotopic (exact) mass is 479 g/mol. The zero-order valence-electron chi connectivity index (χ0n) is 18.6. The minimum Gasteiger partial charge on any atom is -0.388 e. The maximum absolute atomic E-state index is 12.4. The molecule has 0 fully saturated rings. The Bertz CT molecular complexity index is 888. The molecule has 3 atom stereocenters. The highest BCUT2D eigenvalue weighted by atomic mass is 31.2. The molecule has 2 rings (SSSR count). The number of nitrogens with zero attached hydrogens (tertiary/aromatic N) is 1. The summed E-state index contributed by atoms with van der Waals surface area (Å²) < 4.78 is 27.9. The van der Waals surface area contributed by atoms with Crippen LogP contribution in [0.1, 0.15) is 11.1 Å². The third-order valence-electron chi connectivity index (χ3n) is 4.71. The number of aliphatic hydroxyl groups is 2. The molecular weight excluding hydrogens is 449 g/mol. The normalized spacial score (nSPS) is 14.7. The van der Waals surface area contributed by atoms with Crippen LogP contribution in [-0.2, 0) is 41.2 Å². The zero-order chi connectivity index (χ0) is 24.1. The molecule has 33 heavy (non-hydrogen) atoms. The molecule has 0 aliphatic carbocycles. The standard InChI is InChI=1S/C23H30NO8P/c1-29-33(28,30-2)14-13-22(31-16-19-9-5-3-6-10-19)23(27)21(26)15-24(18-25)32-17-20-11-7-4-8-12-20/h3-14,18,21-23,26-27H,15-17H2,1-2H3/b14-13+/t21-,22-,23+/m1/s1. The van der Waals surface area contributed by atoms with E-state index in [-0.39, 0.29) is 19.8 Å². The fourth-order valence-corrected chi connectivity index (χ4v) is 3.56. The number of hydrogen-bond donors (Lipinski definition) is 2. The summed E-state index contributed by atoms with van der Waals surface area (Å²) in [5.74, 6) is 1.15. The van der Waals surface area contributed by atoms with Crippen molar-refractivity contribution < 1.29 is 38.2 Å². The molecule has 0 spiro atoms. The minimum absolute atomic E-state index is 0.112. The Kier molecular flexibility index (Phi) is 11.4. The maximum Gasteiger partial charge on any atom is 0.353 e. The molecule has 1 amide bonds. The average molecular weight is 479 g/mol. The van der Waals surface area contributed by atoms with Gasteiger partial charge in [-0.15, -0.1) is 0 Å². The lowest BCUT2D eigenvalue weighted by molar-refractivity contribution is -0.192. The smallest absolute Gasteiger partial charge is 0.353 e. The Morgan fingerprint density at radius 3 is 2.00 bits per heavy atom. The van der Waals surface area contributed by atoms with Crippen LogP contribution in [0.5, 0.6) is 0 Å². The third-order valence-corrected chi connectivity index (χ3v) is 6.26. The molecule has 9 nitrogen and oxygen atoms in total. The van der Waals surface area contributed by atoms with Crippen LogP contribution in [0.4, 0.5) is 0 Å². The Balaban J connectivity index is 2.06. The molecular formula is C23H30NO8P. The molecule has 2 aromatic carbocycles. The van der Waals surface area contributed by atoms with Crippen LogP contribution in [0.2, 0.25) is 0 Å². The van der Waals surface area contributed by atoms with Gasteiger partial charge in [-0.3, -0.25) is 14.2 Å². The second-order valence-corrected chi connectivity index (χ2v) is 9.14. The van der Waals surface area contributed by atoms with Gasteiger partial charge >= 0.3 is 7.60 Å². The fourth-order valence-electron chi connectivity index (χ4n) is 2.79. The van der Waals surface area contributed by atoms with Gasteiger partial charge in [0.25, 0.3) is 0 Å². The summed E-state index contributed by atoms with van der Waals surface area (Å²) in [6, 6.07) is 18.4. The van der Waals surface area contributed by atoms with Crippen molar-refractivity contribution >= 4 is 14.0 Å². The first kappa shape index (κ1) is 26.9. The van der Waals surface area contributed by atoms with E-state index in [9.17, 15) is 19.6 Å².